The van der Waals surface area contributed by atoms with Crippen molar-refractivity contribution in [3.8, 4) is 0 Å². The summed E-state index contributed by atoms with van der Waals surface area (Å²) in [5.74, 6) is 0. The van der Waals surface area contributed by atoms with E-state index in [1.165, 1.54) is 44.9 Å². The number of likely N-dealkylation sites (N-methyl/N-ethyl adjacent to an activating group) is 1. The number of nitrogens with zero attached hydrogens (tertiary/aromatic N) is 1. The highest BCUT2D eigenvalue weighted by molar-refractivity contribution is 4.84. The Balaban J connectivity index is 1.57. The monoisotopic (exact) mass is 254 g/mol. The van der Waals surface area contributed by atoms with E-state index < -0.39 is 5.60 Å². The van der Waals surface area contributed by atoms with Gasteiger partial charge in [0.15, 0.2) is 0 Å². The first-order valence-corrected chi connectivity index (χ1v) is 7.83. The summed E-state index contributed by atoms with van der Waals surface area (Å²) in [6.07, 6.45) is 11.2. The minimum absolute atomic E-state index is 0.413. The second kappa shape index (κ2) is 6.88. The number of rotatable bonds is 6. The van der Waals surface area contributed by atoms with E-state index in [0.717, 1.165) is 38.5 Å². The summed E-state index contributed by atoms with van der Waals surface area (Å²) >= 11 is 0. The van der Waals surface area contributed by atoms with Crippen LogP contribution in [0.25, 0.3) is 0 Å². The zero-order chi connectivity index (χ0) is 12.8. The summed E-state index contributed by atoms with van der Waals surface area (Å²) in [7, 11) is 2.24. The van der Waals surface area contributed by atoms with Gasteiger partial charge >= 0.3 is 0 Å². The summed E-state index contributed by atoms with van der Waals surface area (Å²) in [6.45, 7) is 2.90. The van der Waals surface area contributed by atoms with E-state index in [4.69, 9.17) is 0 Å². The Bertz CT molecular complexity index is 233. The van der Waals surface area contributed by atoms with Gasteiger partial charge < -0.3 is 15.3 Å². The number of hydrogen-bond donors (Lipinski definition) is 2. The Labute approximate surface area is 112 Å². The highest BCUT2D eigenvalue weighted by Crippen LogP contribution is 2.27. The second-order valence-corrected chi connectivity index (χ2v) is 6.38. The van der Waals surface area contributed by atoms with E-state index in [1.807, 2.05) is 0 Å². The normalized spacial score (nSPS) is 24.8. The predicted molar refractivity (Wildman–Crippen MR) is 75.8 cm³/mol. The molecule has 0 aromatic rings. The Morgan fingerprint density at radius 1 is 1.11 bits per heavy atom. The molecule has 0 amide bonds. The van der Waals surface area contributed by atoms with Gasteiger partial charge in [0.25, 0.3) is 0 Å². The minimum atomic E-state index is -0.413. The van der Waals surface area contributed by atoms with Crippen molar-refractivity contribution in [1.82, 2.24) is 10.2 Å². The van der Waals surface area contributed by atoms with E-state index in [-0.39, 0.29) is 0 Å². The number of hydrogen-bond acceptors (Lipinski definition) is 3. The average Bonchev–Trinajstić information content (AvgIpc) is 2.89. The highest BCUT2D eigenvalue weighted by atomic mass is 16.3. The topological polar surface area (TPSA) is 35.5 Å². The Hall–Kier alpha value is -0.120. The van der Waals surface area contributed by atoms with Crippen molar-refractivity contribution in [2.75, 3.05) is 26.7 Å². The molecule has 0 unspecified atom stereocenters. The van der Waals surface area contributed by atoms with E-state index in [9.17, 15) is 5.11 Å². The largest absolute Gasteiger partial charge is 0.389 e. The molecule has 0 heterocycles. The lowest BCUT2D eigenvalue weighted by atomic mass is 9.85. The molecule has 2 rings (SSSR count). The van der Waals surface area contributed by atoms with Gasteiger partial charge in [-0.05, 0) is 32.7 Å². The van der Waals surface area contributed by atoms with Crippen LogP contribution in [0.1, 0.15) is 57.8 Å². The van der Waals surface area contributed by atoms with Crippen molar-refractivity contribution < 1.29 is 5.11 Å². The fraction of sp³-hybridized carbons (Fsp3) is 1.00. The van der Waals surface area contributed by atoms with Crippen molar-refractivity contribution in [2.45, 2.75) is 69.4 Å². The molecule has 18 heavy (non-hydrogen) atoms. The summed E-state index contributed by atoms with van der Waals surface area (Å²) in [4.78, 5) is 2.49. The molecule has 2 aliphatic rings. The van der Waals surface area contributed by atoms with E-state index in [1.54, 1.807) is 0 Å². The second-order valence-electron chi connectivity index (χ2n) is 6.38. The predicted octanol–water partition coefficient (Wildman–Crippen LogP) is 2.15. The molecule has 0 spiro atoms. The van der Waals surface area contributed by atoms with Crippen molar-refractivity contribution >= 4 is 0 Å². The third-order valence-corrected chi connectivity index (χ3v) is 4.83. The highest BCUT2D eigenvalue weighted by Gasteiger charge is 2.28. The fourth-order valence-electron chi connectivity index (χ4n) is 3.49. The molecule has 2 aliphatic carbocycles. The van der Waals surface area contributed by atoms with E-state index in [2.05, 4.69) is 17.3 Å². The van der Waals surface area contributed by atoms with Crippen molar-refractivity contribution in [3.05, 3.63) is 0 Å². The molecule has 0 aromatic carbocycles. The maximum absolute atomic E-state index is 10.4. The van der Waals surface area contributed by atoms with Gasteiger partial charge in [-0.25, -0.2) is 0 Å². The van der Waals surface area contributed by atoms with Crippen LogP contribution in [0, 0.1) is 0 Å². The zero-order valence-corrected chi connectivity index (χ0v) is 12.0. The molecule has 0 atom stereocenters. The summed E-state index contributed by atoms with van der Waals surface area (Å²) < 4.78 is 0. The lowest BCUT2D eigenvalue weighted by molar-refractivity contribution is 0.00462. The van der Waals surface area contributed by atoms with Crippen LogP contribution >= 0.6 is 0 Å². The number of aliphatic hydroxyl groups is 1. The standard InChI is InChI=1S/C15H30N2O/c1-17(14-7-3-4-8-14)12-11-16-13-15(18)9-5-2-6-10-15/h14,16,18H,2-13H2,1H3. The Morgan fingerprint density at radius 2 is 1.78 bits per heavy atom. The van der Waals surface area contributed by atoms with Crippen molar-refractivity contribution in [3.63, 3.8) is 0 Å². The Morgan fingerprint density at radius 3 is 2.44 bits per heavy atom. The molecule has 0 radical (unpaired) electrons. The summed E-state index contributed by atoms with van der Waals surface area (Å²) in [5.41, 5.74) is -0.413. The fourth-order valence-corrected chi connectivity index (χ4v) is 3.49. The minimum Gasteiger partial charge on any atom is -0.389 e. The van der Waals surface area contributed by atoms with E-state index in [0.29, 0.717) is 0 Å². The molecular formula is C15H30N2O. The van der Waals surface area contributed by atoms with Gasteiger partial charge in [0.05, 0.1) is 5.60 Å². The molecule has 2 fully saturated rings. The molecule has 0 bridgehead atoms. The van der Waals surface area contributed by atoms with Crippen LogP contribution in [-0.4, -0.2) is 48.3 Å². The first-order chi connectivity index (χ1) is 8.70. The van der Waals surface area contributed by atoms with Gasteiger partial charge in [-0.1, -0.05) is 32.1 Å². The molecule has 0 aliphatic heterocycles. The Kier molecular flexibility index (Phi) is 5.46. The third kappa shape index (κ3) is 4.22. The van der Waals surface area contributed by atoms with Crippen LogP contribution < -0.4 is 5.32 Å². The molecule has 3 heteroatoms. The third-order valence-electron chi connectivity index (χ3n) is 4.83. The quantitative estimate of drug-likeness (QED) is 0.713. The lowest BCUT2D eigenvalue weighted by Crippen LogP contribution is -2.44. The first-order valence-electron chi connectivity index (χ1n) is 7.83. The van der Waals surface area contributed by atoms with Crippen LogP contribution in [-0.2, 0) is 0 Å². The van der Waals surface area contributed by atoms with Gasteiger partial charge in [-0.15, -0.1) is 0 Å². The van der Waals surface area contributed by atoms with Gasteiger partial charge in [0.1, 0.15) is 0 Å². The number of nitrogens with one attached hydrogen (secondary N) is 1. The first kappa shape index (κ1) is 14.3. The van der Waals surface area contributed by atoms with Crippen molar-refractivity contribution in [2.24, 2.45) is 0 Å². The lowest BCUT2D eigenvalue weighted by Gasteiger charge is -2.32. The van der Waals surface area contributed by atoms with Crippen LogP contribution in [0.3, 0.4) is 0 Å². The van der Waals surface area contributed by atoms with E-state index >= 15 is 0 Å². The molecule has 2 N–H and O–H groups in total. The molecule has 3 nitrogen and oxygen atoms in total. The van der Waals surface area contributed by atoms with Crippen LogP contribution in [0.2, 0.25) is 0 Å². The maximum atomic E-state index is 10.4. The molecule has 106 valence electrons. The maximum Gasteiger partial charge on any atom is 0.0771 e. The summed E-state index contributed by atoms with van der Waals surface area (Å²) in [6, 6.07) is 0.810. The zero-order valence-electron chi connectivity index (χ0n) is 12.0. The summed E-state index contributed by atoms with van der Waals surface area (Å²) in [5, 5.41) is 13.8. The SMILES string of the molecule is CN(CCNCC1(O)CCCCC1)C1CCCC1. The van der Waals surface area contributed by atoms with Gasteiger partial charge in [0, 0.05) is 25.7 Å². The molecule has 2 saturated carbocycles. The average molecular weight is 254 g/mol. The van der Waals surface area contributed by atoms with Gasteiger partial charge in [-0.2, -0.15) is 0 Å². The van der Waals surface area contributed by atoms with Crippen LogP contribution in [0.15, 0.2) is 0 Å². The van der Waals surface area contributed by atoms with Gasteiger partial charge in [-0.3, -0.25) is 0 Å². The van der Waals surface area contributed by atoms with Crippen LogP contribution in [0.4, 0.5) is 0 Å². The molecule has 0 saturated heterocycles. The smallest absolute Gasteiger partial charge is 0.0771 e. The van der Waals surface area contributed by atoms with Crippen molar-refractivity contribution in [1.29, 1.82) is 0 Å². The molecular weight excluding hydrogens is 224 g/mol. The molecule has 0 aromatic heterocycles. The van der Waals surface area contributed by atoms with Gasteiger partial charge in [0.2, 0.25) is 0 Å². The van der Waals surface area contributed by atoms with Crippen LogP contribution in [0.5, 0.6) is 0 Å².